The molecule has 0 aliphatic carbocycles. The third-order valence-corrected chi connectivity index (χ3v) is 2.40. The SMILES string of the molecule is C=C(C)CCC(O)c1cccc(OCC)c1. The van der Waals surface area contributed by atoms with Crippen LogP contribution in [0, 0.1) is 0 Å². The van der Waals surface area contributed by atoms with Gasteiger partial charge in [0.15, 0.2) is 0 Å². The van der Waals surface area contributed by atoms with Gasteiger partial charge in [-0.2, -0.15) is 0 Å². The van der Waals surface area contributed by atoms with Gasteiger partial charge < -0.3 is 9.84 Å². The highest BCUT2D eigenvalue weighted by Crippen LogP contribution is 2.23. The number of hydrogen-bond acceptors (Lipinski definition) is 2. The van der Waals surface area contributed by atoms with Crippen LogP contribution >= 0.6 is 0 Å². The molecule has 1 rings (SSSR count). The minimum Gasteiger partial charge on any atom is -0.494 e. The largest absolute Gasteiger partial charge is 0.494 e. The molecule has 0 amide bonds. The molecule has 16 heavy (non-hydrogen) atoms. The number of ether oxygens (including phenoxy) is 1. The van der Waals surface area contributed by atoms with Crippen LogP contribution in [0.15, 0.2) is 36.4 Å². The summed E-state index contributed by atoms with van der Waals surface area (Å²) in [5.74, 6) is 0.814. The number of aliphatic hydroxyl groups excluding tert-OH is 1. The molecule has 1 unspecified atom stereocenters. The van der Waals surface area contributed by atoms with E-state index in [2.05, 4.69) is 6.58 Å². The van der Waals surface area contributed by atoms with Gasteiger partial charge in [0, 0.05) is 0 Å². The van der Waals surface area contributed by atoms with E-state index in [9.17, 15) is 5.11 Å². The third-order valence-electron chi connectivity index (χ3n) is 2.40. The van der Waals surface area contributed by atoms with E-state index in [1.165, 1.54) is 0 Å². The van der Waals surface area contributed by atoms with Gasteiger partial charge >= 0.3 is 0 Å². The van der Waals surface area contributed by atoms with Crippen molar-refractivity contribution in [2.24, 2.45) is 0 Å². The summed E-state index contributed by atoms with van der Waals surface area (Å²) in [7, 11) is 0. The zero-order chi connectivity index (χ0) is 12.0. The zero-order valence-corrected chi connectivity index (χ0v) is 10.1. The van der Waals surface area contributed by atoms with E-state index in [1.807, 2.05) is 38.1 Å². The first-order chi connectivity index (χ1) is 7.63. The molecular formula is C14H20O2. The summed E-state index contributed by atoms with van der Waals surface area (Å²) in [5, 5.41) is 9.97. The Balaban J connectivity index is 2.63. The molecule has 0 aliphatic rings. The normalized spacial score (nSPS) is 12.2. The van der Waals surface area contributed by atoms with Crippen LogP contribution in [-0.4, -0.2) is 11.7 Å². The van der Waals surface area contributed by atoms with Crippen LogP contribution < -0.4 is 4.74 Å². The van der Waals surface area contributed by atoms with Gasteiger partial charge in [0.2, 0.25) is 0 Å². The van der Waals surface area contributed by atoms with Crippen molar-refractivity contribution in [3.63, 3.8) is 0 Å². The van der Waals surface area contributed by atoms with Gasteiger partial charge in [0.25, 0.3) is 0 Å². The summed E-state index contributed by atoms with van der Waals surface area (Å²) in [4.78, 5) is 0. The van der Waals surface area contributed by atoms with Crippen molar-refractivity contribution in [3.8, 4) is 5.75 Å². The molecule has 0 saturated carbocycles. The number of rotatable bonds is 6. The third kappa shape index (κ3) is 4.07. The van der Waals surface area contributed by atoms with Crippen LogP contribution in [0.5, 0.6) is 5.75 Å². The van der Waals surface area contributed by atoms with Gasteiger partial charge in [0.1, 0.15) is 5.75 Å². The minimum atomic E-state index is -0.433. The molecule has 2 heteroatoms. The molecule has 0 aromatic heterocycles. The van der Waals surface area contributed by atoms with E-state index in [4.69, 9.17) is 4.74 Å². The van der Waals surface area contributed by atoms with E-state index in [0.717, 1.165) is 23.3 Å². The van der Waals surface area contributed by atoms with E-state index in [0.29, 0.717) is 13.0 Å². The molecule has 1 aromatic rings. The highest BCUT2D eigenvalue weighted by Gasteiger charge is 2.08. The Morgan fingerprint density at radius 1 is 1.50 bits per heavy atom. The van der Waals surface area contributed by atoms with Gasteiger partial charge in [-0.3, -0.25) is 0 Å². The molecule has 0 spiro atoms. The Morgan fingerprint density at radius 3 is 2.88 bits per heavy atom. The highest BCUT2D eigenvalue weighted by atomic mass is 16.5. The number of benzene rings is 1. The van der Waals surface area contributed by atoms with Crippen LogP contribution in [0.1, 0.15) is 38.4 Å². The topological polar surface area (TPSA) is 29.5 Å². The molecule has 0 radical (unpaired) electrons. The summed E-state index contributed by atoms with van der Waals surface area (Å²) < 4.78 is 5.39. The van der Waals surface area contributed by atoms with Crippen LogP contribution in [0.3, 0.4) is 0 Å². The van der Waals surface area contributed by atoms with Crippen LogP contribution in [0.4, 0.5) is 0 Å². The molecule has 0 saturated heterocycles. The molecule has 1 atom stereocenters. The van der Waals surface area contributed by atoms with Gasteiger partial charge in [-0.05, 0) is 44.4 Å². The Kier molecular flexibility index (Phi) is 5.06. The second kappa shape index (κ2) is 6.33. The summed E-state index contributed by atoms with van der Waals surface area (Å²) in [6.07, 6.45) is 1.13. The van der Waals surface area contributed by atoms with Gasteiger partial charge in [0.05, 0.1) is 12.7 Å². The Labute approximate surface area is 97.6 Å². The maximum absolute atomic E-state index is 9.97. The number of hydrogen-bond donors (Lipinski definition) is 1. The van der Waals surface area contributed by atoms with E-state index in [1.54, 1.807) is 0 Å². The van der Waals surface area contributed by atoms with Crippen molar-refractivity contribution in [2.75, 3.05) is 6.61 Å². The highest BCUT2D eigenvalue weighted by molar-refractivity contribution is 5.29. The first-order valence-electron chi connectivity index (χ1n) is 5.68. The average molecular weight is 220 g/mol. The van der Waals surface area contributed by atoms with E-state index >= 15 is 0 Å². The van der Waals surface area contributed by atoms with E-state index in [-0.39, 0.29) is 0 Å². The standard InChI is InChI=1S/C14H20O2/c1-4-16-13-7-5-6-12(10-13)14(15)9-8-11(2)3/h5-7,10,14-15H,2,4,8-9H2,1,3H3. The Hall–Kier alpha value is -1.28. The average Bonchev–Trinajstić information content (AvgIpc) is 2.26. The number of allylic oxidation sites excluding steroid dienone is 1. The summed E-state index contributed by atoms with van der Waals surface area (Å²) >= 11 is 0. The lowest BCUT2D eigenvalue weighted by Crippen LogP contribution is -1.99. The lowest BCUT2D eigenvalue weighted by molar-refractivity contribution is 0.167. The predicted molar refractivity (Wildman–Crippen MR) is 66.6 cm³/mol. The molecular weight excluding hydrogens is 200 g/mol. The molecule has 2 nitrogen and oxygen atoms in total. The predicted octanol–water partition coefficient (Wildman–Crippen LogP) is 3.48. The smallest absolute Gasteiger partial charge is 0.119 e. The monoisotopic (exact) mass is 220 g/mol. The first-order valence-corrected chi connectivity index (χ1v) is 5.68. The number of aliphatic hydroxyl groups is 1. The second-order valence-corrected chi connectivity index (χ2v) is 4.02. The summed E-state index contributed by atoms with van der Waals surface area (Å²) in [6, 6.07) is 7.63. The van der Waals surface area contributed by atoms with E-state index < -0.39 is 6.10 Å². The lowest BCUT2D eigenvalue weighted by atomic mass is 10.0. The van der Waals surface area contributed by atoms with Crippen LogP contribution in [0.2, 0.25) is 0 Å². The molecule has 1 aromatic carbocycles. The van der Waals surface area contributed by atoms with Crippen LogP contribution in [-0.2, 0) is 0 Å². The molecule has 0 bridgehead atoms. The van der Waals surface area contributed by atoms with Crippen molar-refractivity contribution >= 4 is 0 Å². The first kappa shape index (κ1) is 12.8. The van der Waals surface area contributed by atoms with Crippen molar-refractivity contribution in [1.29, 1.82) is 0 Å². The van der Waals surface area contributed by atoms with Gasteiger partial charge in [-0.1, -0.05) is 17.7 Å². The maximum Gasteiger partial charge on any atom is 0.119 e. The van der Waals surface area contributed by atoms with Crippen molar-refractivity contribution in [1.82, 2.24) is 0 Å². The van der Waals surface area contributed by atoms with Crippen LogP contribution in [0.25, 0.3) is 0 Å². The zero-order valence-electron chi connectivity index (χ0n) is 10.1. The fourth-order valence-corrected chi connectivity index (χ4v) is 1.53. The second-order valence-electron chi connectivity index (χ2n) is 4.02. The van der Waals surface area contributed by atoms with Gasteiger partial charge in [-0.25, -0.2) is 0 Å². The fraction of sp³-hybridized carbons (Fsp3) is 0.429. The van der Waals surface area contributed by atoms with Crippen molar-refractivity contribution in [3.05, 3.63) is 42.0 Å². The summed E-state index contributed by atoms with van der Waals surface area (Å²) in [6.45, 7) is 8.40. The molecule has 0 heterocycles. The minimum absolute atomic E-state index is 0.433. The maximum atomic E-state index is 9.97. The fourth-order valence-electron chi connectivity index (χ4n) is 1.53. The molecule has 1 N–H and O–H groups in total. The van der Waals surface area contributed by atoms with Gasteiger partial charge in [-0.15, -0.1) is 6.58 Å². The van der Waals surface area contributed by atoms with Crippen molar-refractivity contribution in [2.45, 2.75) is 32.8 Å². The molecule has 0 fully saturated rings. The van der Waals surface area contributed by atoms with Crippen molar-refractivity contribution < 1.29 is 9.84 Å². The molecule has 88 valence electrons. The summed E-state index contributed by atoms with van der Waals surface area (Å²) in [5.41, 5.74) is 2.01. The quantitative estimate of drug-likeness (QED) is 0.744. The Bertz CT molecular complexity index is 344. The Morgan fingerprint density at radius 2 is 2.25 bits per heavy atom. The molecule has 0 aliphatic heterocycles. The lowest BCUT2D eigenvalue weighted by Gasteiger charge is -2.12.